The molecule has 2 aliphatic heterocycles. The molecule has 0 spiro atoms. The van der Waals surface area contributed by atoms with Crippen molar-refractivity contribution in [2.75, 3.05) is 25.0 Å². The number of carbonyl (C=O) groups is 2. The molecule has 0 bridgehead atoms. The van der Waals surface area contributed by atoms with E-state index in [9.17, 15) is 9.59 Å². The first-order valence-corrected chi connectivity index (χ1v) is 8.41. The molecule has 0 aromatic heterocycles. The van der Waals surface area contributed by atoms with Crippen LogP contribution in [-0.2, 0) is 4.79 Å². The highest BCUT2D eigenvalue weighted by molar-refractivity contribution is 8.00. The monoisotopic (exact) mass is 319 g/mol. The maximum Gasteiger partial charge on any atom is 0.253 e. The number of rotatable bonds is 2. The molecule has 3 rings (SSSR count). The van der Waals surface area contributed by atoms with Crippen molar-refractivity contribution in [3.8, 4) is 0 Å². The van der Waals surface area contributed by atoms with Gasteiger partial charge in [-0.1, -0.05) is 6.92 Å². The molecule has 2 atom stereocenters. The van der Waals surface area contributed by atoms with Gasteiger partial charge in [0.25, 0.3) is 5.91 Å². The van der Waals surface area contributed by atoms with Crippen LogP contribution in [-0.4, -0.2) is 41.6 Å². The molecule has 5 nitrogen and oxygen atoms in total. The van der Waals surface area contributed by atoms with Crippen LogP contribution in [0.3, 0.4) is 0 Å². The van der Waals surface area contributed by atoms with Crippen LogP contribution in [0.2, 0.25) is 0 Å². The van der Waals surface area contributed by atoms with E-state index in [2.05, 4.69) is 12.2 Å². The number of anilines is 1. The molecule has 6 heteroatoms. The Morgan fingerprint density at radius 2 is 2.32 bits per heavy atom. The van der Waals surface area contributed by atoms with Gasteiger partial charge in [-0.2, -0.15) is 0 Å². The molecular weight excluding hydrogens is 298 g/mol. The maximum absolute atomic E-state index is 12.6. The molecule has 22 heavy (non-hydrogen) atoms. The largest absolute Gasteiger partial charge is 0.338 e. The summed E-state index contributed by atoms with van der Waals surface area (Å²) in [5, 5.41) is 2.77. The molecule has 2 aliphatic rings. The fourth-order valence-electron chi connectivity index (χ4n) is 2.89. The van der Waals surface area contributed by atoms with Crippen molar-refractivity contribution >= 4 is 29.3 Å². The third kappa shape index (κ3) is 2.73. The van der Waals surface area contributed by atoms with Crippen LogP contribution >= 0.6 is 11.8 Å². The van der Waals surface area contributed by atoms with Crippen LogP contribution in [0.1, 0.15) is 30.6 Å². The number of hydrogen-bond donors (Lipinski definition) is 2. The number of nitrogens with zero attached hydrogens (tertiary/aromatic N) is 1. The minimum atomic E-state index is -0.0992. The SMILES string of the molecule is CC1Sc2ccc(C(=O)N3CCC(C)(CN)C3)cc2NC1=O. The van der Waals surface area contributed by atoms with Gasteiger partial charge in [0.2, 0.25) is 5.91 Å². The Kier molecular flexibility index (Phi) is 3.91. The van der Waals surface area contributed by atoms with Crippen molar-refractivity contribution in [1.82, 2.24) is 4.90 Å². The average Bonchev–Trinajstić information content (AvgIpc) is 2.90. The standard InChI is InChI=1S/C16H21N3O2S/c1-10-14(20)18-12-7-11(3-4-13(12)22-10)15(21)19-6-5-16(2,8-17)9-19/h3-4,7,10H,5-6,8-9,17H2,1-2H3,(H,18,20). The van der Waals surface area contributed by atoms with Gasteiger partial charge < -0.3 is 16.0 Å². The Bertz CT molecular complexity index is 634. The summed E-state index contributed by atoms with van der Waals surface area (Å²) >= 11 is 1.52. The normalized spacial score (nSPS) is 27.5. The first kappa shape index (κ1) is 15.4. The van der Waals surface area contributed by atoms with Crippen LogP contribution in [0, 0.1) is 5.41 Å². The van der Waals surface area contributed by atoms with Gasteiger partial charge in [-0.25, -0.2) is 0 Å². The quantitative estimate of drug-likeness (QED) is 0.873. The maximum atomic E-state index is 12.6. The fraction of sp³-hybridized carbons (Fsp3) is 0.500. The van der Waals surface area contributed by atoms with E-state index < -0.39 is 0 Å². The van der Waals surface area contributed by atoms with Gasteiger partial charge in [0.05, 0.1) is 10.9 Å². The highest BCUT2D eigenvalue weighted by Crippen LogP contribution is 2.36. The molecule has 1 aromatic rings. The summed E-state index contributed by atoms with van der Waals surface area (Å²) in [6, 6.07) is 5.55. The summed E-state index contributed by atoms with van der Waals surface area (Å²) in [7, 11) is 0. The number of fused-ring (bicyclic) bond motifs is 1. The van der Waals surface area contributed by atoms with Gasteiger partial charge in [-0.3, -0.25) is 9.59 Å². The number of benzene rings is 1. The van der Waals surface area contributed by atoms with Gasteiger partial charge in [0, 0.05) is 23.5 Å². The van der Waals surface area contributed by atoms with Crippen LogP contribution < -0.4 is 11.1 Å². The van der Waals surface area contributed by atoms with E-state index in [1.54, 1.807) is 6.07 Å². The summed E-state index contributed by atoms with van der Waals surface area (Å²) in [5.74, 6) is -0.00294. The lowest BCUT2D eigenvalue weighted by Crippen LogP contribution is -2.34. The van der Waals surface area contributed by atoms with Crippen LogP contribution in [0.4, 0.5) is 5.69 Å². The minimum Gasteiger partial charge on any atom is -0.338 e. The summed E-state index contributed by atoms with van der Waals surface area (Å²) in [6.07, 6.45) is 0.935. The lowest BCUT2D eigenvalue weighted by Gasteiger charge is -2.24. The Balaban J connectivity index is 1.80. The predicted octanol–water partition coefficient (Wildman–Crippen LogP) is 1.93. The summed E-state index contributed by atoms with van der Waals surface area (Å²) in [6.45, 7) is 6.01. The van der Waals surface area contributed by atoms with Crippen molar-refractivity contribution in [2.45, 2.75) is 30.4 Å². The van der Waals surface area contributed by atoms with Crippen LogP contribution in [0.5, 0.6) is 0 Å². The van der Waals surface area contributed by atoms with E-state index in [1.807, 2.05) is 24.0 Å². The van der Waals surface area contributed by atoms with E-state index in [0.29, 0.717) is 18.7 Å². The number of thioether (sulfide) groups is 1. The number of carbonyl (C=O) groups excluding carboxylic acids is 2. The van der Waals surface area contributed by atoms with Gasteiger partial charge in [-0.15, -0.1) is 11.8 Å². The van der Waals surface area contributed by atoms with Gasteiger partial charge >= 0.3 is 0 Å². The topological polar surface area (TPSA) is 75.4 Å². The zero-order valence-electron chi connectivity index (χ0n) is 12.9. The average molecular weight is 319 g/mol. The van der Waals surface area contributed by atoms with E-state index in [4.69, 9.17) is 5.73 Å². The second kappa shape index (κ2) is 5.59. The third-order valence-electron chi connectivity index (χ3n) is 4.50. The molecule has 2 amide bonds. The molecule has 2 unspecified atom stereocenters. The molecule has 118 valence electrons. The first-order chi connectivity index (χ1) is 10.4. The van der Waals surface area contributed by atoms with E-state index >= 15 is 0 Å². The number of nitrogens with two attached hydrogens (primary N) is 1. The highest BCUT2D eigenvalue weighted by Gasteiger charge is 2.35. The smallest absolute Gasteiger partial charge is 0.253 e. The summed E-state index contributed by atoms with van der Waals surface area (Å²) in [4.78, 5) is 27.3. The number of likely N-dealkylation sites (tertiary alicyclic amines) is 1. The second-order valence-electron chi connectivity index (χ2n) is 6.45. The molecule has 0 saturated carbocycles. The minimum absolute atomic E-state index is 0.0119. The molecule has 0 aliphatic carbocycles. The Morgan fingerprint density at radius 1 is 1.55 bits per heavy atom. The molecular formula is C16H21N3O2S. The molecule has 1 aromatic carbocycles. The van der Waals surface area contributed by atoms with Crippen molar-refractivity contribution in [3.63, 3.8) is 0 Å². The zero-order valence-corrected chi connectivity index (χ0v) is 13.7. The van der Waals surface area contributed by atoms with Crippen LogP contribution in [0.25, 0.3) is 0 Å². The Hall–Kier alpha value is -1.53. The van der Waals surface area contributed by atoms with Crippen molar-refractivity contribution in [3.05, 3.63) is 23.8 Å². The van der Waals surface area contributed by atoms with Crippen LogP contribution in [0.15, 0.2) is 23.1 Å². The summed E-state index contributed by atoms with van der Waals surface area (Å²) in [5.41, 5.74) is 7.17. The van der Waals surface area contributed by atoms with Crippen molar-refractivity contribution in [1.29, 1.82) is 0 Å². The zero-order chi connectivity index (χ0) is 15.9. The van der Waals surface area contributed by atoms with Gasteiger partial charge in [0.15, 0.2) is 0 Å². The number of hydrogen-bond acceptors (Lipinski definition) is 4. The molecule has 2 heterocycles. The van der Waals surface area contributed by atoms with E-state index in [0.717, 1.165) is 23.5 Å². The number of nitrogens with one attached hydrogen (secondary N) is 1. The summed E-state index contributed by atoms with van der Waals surface area (Å²) < 4.78 is 0. The Labute approximate surface area is 134 Å². The van der Waals surface area contributed by atoms with Crippen molar-refractivity contribution < 1.29 is 9.59 Å². The van der Waals surface area contributed by atoms with E-state index in [1.165, 1.54) is 11.8 Å². The second-order valence-corrected chi connectivity index (χ2v) is 7.83. The first-order valence-electron chi connectivity index (χ1n) is 7.53. The molecule has 1 fully saturated rings. The molecule has 0 radical (unpaired) electrons. The van der Waals surface area contributed by atoms with Crippen molar-refractivity contribution in [2.24, 2.45) is 11.1 Å². The fourth-order valence-corrected chi connectivity index (χ4v) is 3.82. The highest BCUT2D eigenvalue weighted by atomic mass is 32.2. The lowest BCUT2D eigenvalue weighted by molar-refractivity contribution is -0.115. The predicted molar refractivity (Wildman–Crippen MR) is 88.1 cm³/mol. The number of amides is 2. The lowest BCUT2D eigenvalue weighted by atomic mass is 9.90. The van der Waals surface area contributed by atoms with E-state index in [-0.39, 0.29) is 22.5 Å². The molecule has 1 saturated heterocycles. The van der Waals surface area contributed by atoms with Gasteiger partial charge in [-0.05, 0) is 43.5 Å². The Morgan fingerprint density at radius 3 is 3.00 bits per heavy atom. The third-order valence-corrected chi connectivity index (χ3v) is 5.67. The van der Waals surface area contributed by atoms with Gasteiger partial charge in [0.1, 0.15) is 0 Å². The molecule has 3 N–H and O–H groups in total.